The Labute approximate surface area is 82.5 Å². The standard InChI is InChI=1S/C9H13N3O2/c1-10-8(13)6-11-7-3-4-9(14-2)12-5-7/h3-5,11H,6H2,1-2H3,(H,10,13). The number of amides is 1. The Hall–Kier alpha value is -1.78. The van der Waals surface area contributed by atoms with Crippen molar-refractivity contribution in [2.24, 2.45) is 0 Å². The van der Waals surface area contributed by atoms with Crippen LogP contribution in [0.2, 0.25) is 0 Å². The molecule has 0 spiro atoms. The minimum atomic E-state index is -0.0687. The zero-order chi connectivity index (χ0) is 10.4. The first-order chi connectivity index (χ1) is 6.76. The number of carbonyl (C=O) groups is 1. The number of hydrogen-bond donors (Lipinski definition) is 2. The Kier molecular flexibility index (Phi) is 3.72. The van der Waals surface area contributed by atoms with Crippen molar-refractivity contribution in [3.8, 4) is 5.88 Å². The van der Waals surface area contributed by atoms with Gasteiger partial charge in [0.1, 0.15) is 0 Å². The second-order valence-corrected chi connectivity index (χ2v) is 2.62. The van der Waals surface area contributed by atoms with Gasteiger partial charge in [0.15, 0.2) is 0 Å². The van der Waals surface area contributed by atoms with Crippen LogP contribution >= 0.6 is 0 Å². The molecule has 1 aromatic rings. The van der Waals surface area contributed by atoms with Gasteiger partial charge in [-0.05, 0) is 6.07 Å². The first kappa shape index (κ1) is 10.3. The number of nitrogens with one attached hydrogen (secondary N) is 2. The van der Waals surface area contributed by atoms with Gasteiger partial charge >= 0.3 is 0 Å². The van der Waals surface area contributed by atoms with E-state index in [0.29, 0.717) is 5.88 Å². The van der Waals surface area contributed by atoms with Crippen molar-refractivity contribution in [1.82, 2.24) is 10.3 Å². The Bertz CT molecular complexity index is 297. The van der Waals surface area contributed by atoms with E-state index >= 15 is 0 Å². The summed E-state index contributed by atoms with van der Waals surface area (Å²) in [6.45, 7) is 0.241. The second-order valence-electron chi connectivity index (χ2n) is 2.62. The molecule has 76 valence electrons. The molecule has 0 aliphatic rings. The average molecular weight is 195 g/mol. The van der Waals surface area contributed by atoms with Gasteiger partial charge in [0.25, 0.3) is 0 Å². The van der Waals surface area contributed by atoms with Crippen LogP contribution in [0.25, 0.3) is 0 Å². The highest BCUT2D eigenvalue weighted by molar-refractivity contribution is 5.80. The predicted molar refractivity (Wildman–Crippen MR) is 53.3 cm³/mol. The van der Waals surface area contributed by atoms with Gasteiger partial charge in [-0.2, -0.15) is 0 Å². The molecule has 5 nitrogen and oxygen atoms in total. The van der Waals surface area contributed by atoms with Crippen LogP contribution in [0, 0.1) is 0 Å². The molecule has 1 rings (SSSR count). The van der Waals surface area contributed by atoms with Gasteiger partial charge in [-0.25, -0.2) is 4.98 Å². The van der Waals surface area contributed by atoms with Gasteiger partial charge in [-0.15, -0.1) is 0 Å². The number of rotatable bonds is 4. The quantitative estimate of drug-likeness (QED) is 0.722. The van der Waals surface area contributed by atoms with E-state index in [0.717, 1.165) is 5.69 Å². The summed E-state index contributed by atoms with van der Waals surface area (Å²) in [7, 11) is 3.15. The smallest absolute Gasteiger partial charge is 0.239 e. The summed E-state index contributed by atoms with van der Waals surface area (Å²) in [5.41, 5.74) is 0.786. The SMILES string of the molecule is CNC(=O)CNc1ccc(OC)nc1. The van der Waals surface area contributed by atoms with Crippen molar-refractivity contribution < 1.29 is 9.53 Å². The largest absolute Gasteiger partial charge is 0.481 e. The van der Waals surface area contributed by atoms with Crippen molar-refractivity contribution in [2.75, 3.05) is 26.0 Å². The Balaban J connectivity index is 2.47. The highest BCUT2D eigenvalue weighted by Gasteiger charge is 1.98. The summed E-state index contributed by atoms with van der Waals surface area (Å²) >= 11 is 0. The topological polar surface area (TPSA) is 63.2 Å². The van der Waals surface area contributed by atoms with E-state index in [1.54, 1.807) is 32.5 Å². The van der Waals surface area contributed by atoms with Crippen molar-refractivity contribution in [3.05, 3.63) is 18.3 Å². The van der Waals surface area contributed by atoms with Crippen LogP contribution in [0.3, 0.4) is 0 Å². The lowest BCUT2D eigenvalue weighted by Gasteiger charge is -2.05. The lowest BCUT2D eigenvalue weighted by Crippen LogP contribution is -2.26. The van der Waals surface area contributed by atoms with E-state index in [2.05, 4.69) is 15.6 Å². The number of likely N-dealkylation sites (N-methyl/N-ethyl adjacent to an activating group) is 1. The molecule has 0 radical (unpaired) electrons. The summed E-state index contributed by atoms with van der Waals surface area (Å²) in [4.78, 5) is 14.9. The molecule has 0 saturated carbocycles. The summed E-state index contributed by atoms with van der Waals surface area (Å²) in [5.74, 6) is 0.483. The molecule has 0 unspecified atom stereocenters. The van der Waals surface area contributed by atoms with Crippen LogP contribution < -0.4 is 15.4 Å². The van der Waals surface area contributed by atoms with Gasteiger partial charge in [-0.3, -0.25) is 4.79 Å². The molecule has 1 heterocycles. The van der Waals surface area contributed by atoms with E-state index in [1.807, 2.05) is 0 Å². The van der Waals surface area contributed by atoms with Crippen molar-refractivity contribution in [1.29, 1.82) is 0 Å². The normalized spacial score (nSPS) is 9.29. The number of hydrogen-bond acceptors (Lipinski definition) is 4. The Morgan fingerprint density at radius 3 is 2.86 bits per heavy atom. The molecule has 0 atom stereocenters. The van der Waals surface area contributed by atoms with Gasteiger partial charge < -0.3 is 15.4 Å². The van der Waals surface area contributed by atoms with Crippen molar-refractivity contribution in [2.45, 2.75) is 0 Å². The number of anilines is 1. The molecule has 0 bridgehead atoms. The minimum absolute atomic E-state index is 0.0687. The fourth-order valence-electron chi connectivity index (χ4n) is 0.876. The lowest BCUT2D eigenvalue weighted by atomic mass is 10.4. The van der Waals surface area contributed by atoms with Crippen LogP contribution in [0.5, 0.6) is 5.88 Å². The maximum absolute atomic E-state index is 10.9. The number of pyridine rings is 1. The fraction of sp³-hybridized carbons (Fsp3) is 0.333. The average Bonchev–Trinajstić information content (AvgIpc) is 2.26. The van der Waals surface area contributed by atoms with Gasteiger partial charge in [-0.1, -0.05) is 0 Å². The Morgan fingerprint density at radius 2 is 2.36 bits per heavy atom. The number of aromatic nitrogens is 1. The zero-order valence-corrected chi connectivity index (χ0v) is 8.20. The molecular weight excluding hydrogens is 182 g/mol. The third-order valence-electron chi connectivity index (χ3n) is 1.68. The van der Waals surface area contributed by atoms with Gasteiger partial charge in [0.2, 0.25) is 11.8 Å². The summed E-state index contributed by atoms with van der Waals surface area (Å²) in [6, 6.07) is 3.53. The van der Waals surface area contributed by atoms with E-state index < -0.39 is 0 Å². The number of methoxy groups -OCH3 is 1. The van der Waals surface area contributed by atoms with Crippen LogP contribution in [-0.4, -0.2) is 31.6 Å². The molecule has 0 aromatic carbocycles. The fourth-order valence-corrected chi connectivity index (χ4v) is 0.876. The molecular formula is C9H13N3O2. The molecule has 0 aliphatic heterocycles. The van der Waals surface area contributed by atoms with Crippen molar-refractivity contribution >= 4 is 11.6 Å². The lowest BCUT2D eigenvalue weighted by molar-refractivity contribution is -0.118. The molecule has 1 amide bonds. The van der Waals surface area contributed by atoms with Gasteiger partial charge in [0.05, 0.1) is 25.5 Å². The number of ether oxygens (including phenoxy) is 1. The minimum Gasteiger partial charge on any atom is -0.481 e. The highest BCUT2D eigenvalue weighted by atomic mass is 16.5. The van der Waals surface area contributed by atoms with E-state index in [9.17, 15) is 4.79 Å². The van der Waals surface area contributed by atoms with E-state index in [-0.39, 0.29) is 12.5 Å². The third kappa shape index (κ3) is 2.93. The maximum atomic E-state index is 10.9. The van der Waals surface area contributed by atoms with E-state index in [4.69, 9.17) is 4.74 Å². The molecule has 2 N–H and O–H groups in total. The van der Waals surface area contributed by atoms with Crippen LogP contribution in [0.15, 0.2) is 18.3 Å². The molecule has 0 fully saturated rings. The van der Waals surface area contributed by atoms with Crippen molar-refractivity contribution in [3.63, 3.8) is 0 Å². The molecule has 1 aromatic heterocycles. The molecule has 0 saturated heterocycles. The molecule has 0 aliphatic carbocycles. The third-order valence-corrected chi connectivity index (χ3v) is 1.68. The van der Waals surface area contributed by atoms with Crippen LogP contribution in [0.1, 0.15) is 0 Å². The first-order valence-corrected chi connectivity index (χ1v) is 4.20. The summed E-state index contributed by atoms with van der Waals surface area (Å²) in [6.07, 6.45) is 1.61. The predicted octanol–water partition coefficient (Wildman–Crippen LogP) is 0.248. The maximum Gasteiger partial charge on any atom is 0.239 e. The zero-order valence-electron chi connectivity index (χ0n) is 8.20. The van der Waals surface area contributed by atoms with Gasteiger partial charge in [0, 0.05) is 13.1 Å². The van der Waals surface area contributed by atoms with Crippen LogP contribution in [0.4, 0.5) is 5.69 Å². The van der Waals surface area contributed by atoms with E-state index in [1.165, 1.54) is 0 Å². The summed E-state index contributed by atoms with van der Waals surface area (Å²) in [5, 5.41) is 5.43. The number of nitrogens with zero attached hydrogens (tertiary/aromatic N) is 1. The summed E-state index contributed by atoms with van der Waals surface area (Å²) < 4.78 is 4.90. The Morgan fingerprint density at radius 1 is 1.57 bits per heavy atom. The number of carbonyl (C=O) groups excluding carboxylic acids is 1. The highest BCUT2D eigenvalue weighted by Crippen LogP contribution is 2.10. The monoisotopic (exact) mass is 195 g/mol. The molecule has 14 heavy (non-hydrogen) atoms. The van der Waals surface area contributed by atoms with Crippen LogP contribution in [-0.2, 0) is 4.79 Å². The molecule has 5 heteroatoms. The second kappa shape index (κ2) is 5.06. The first-order valence-electron chi connectivity index (χ1n) is 4.20.